The number of rotatable bonds is 4. The standard InChI is InChI=1S/C21H16N6O/c28-21-18-6-2-1-5-17(18)20(15-11-22-14-23-12-15)25-27(21)10-8-16-13-26-9-4-3-7-19(26)24-16/h1-7,9,11-14H,8,10H2. The van der Waals surface area contributed by atoms with Crippen LogP contribution >= 0.6 is 0 Å². The van der Waals surface area contributed by atoms with Gasteiger partial charge in [-0.05, 0) is 18.2 Å². The number of aromatic nitrogens is 6. The van der Waals surface area contributed by atoms with Crippen LogP contribution in [0, 0.1) is 0 Å². The van der Waals surface area contributed by atoms with Gasteiger partial charge in [0.15, 0.2) is 0 Å². The van der Waals surface area contributed by atoms with Crippen molar-refractivity contribution >= 4 is 16.4 Å². The number of hydrogen-bond acceptors (Lipinski definition) is 5. The molecule has 4 aromatic heterocycles. The molecule has 28 heavy (non-hydrogen) atoms. The molecule has 4 heterocycles. The van der Waals surface area contributed by atoms with Crippen LogP contribution in [0.4, 0.5) is 0 Å². The Balaban J connectivity index is 1.57. The summed E-state index contributed by atoms with van der Waals surface area (Å²) in [5.74, 6) is 0. The molecule has 5 rings (SSSR count). The van der Waals surface area contributed by atoms with Crippen molar-refractivity contribution in [3.8, 4) is 11.3 Å². The molecule has 5 aromatic rings. The molecule has 0 bridgehead atoms. The van der Waals surface area contributed by atoms with Crippen LogP contribution in [-0.4, -0.2) is 29.1 Å². The van der Waals surface area contributed by atoms with Gasteiger partial charge in [0.1, 0.15) is 17.7 Å². The van der Waals surface area contributed by atoms with Gasteiger partial charge in [-0.15, -0.1) is 0 Å². The van der Waals surface area contributed by atoms with E-state index in [0.717, 1.165) is 22.3 Å². The van der Waals surface area contributed by atoms with Gasteiger partial charge in [0.05, 0.1) is 17.6 Å². The molecule has 0 radical (unpaired) electrons. The van der Waals surface area contributed by atoms with E-state index < -0.39 is 0 Å². The van der Waals surface area contributed by atoms with Crippen LogP contribution in [0.2, 0.25) is 0 Å². The summed E-state index contributed by atoms with van der Waals surface area (Å²) < 4.78 is 3.48. The van der Waals surface area contributed by atoms with E-state index in [-0.39, 0.29) is 5.56 Å². The van der Waals surface area contributed by atoms with Gasteiger partial charge in [-0.3, -0.25) is 4.79 Å². The van der Waals surface area contributed by atoms with Crippen LogP contribution in [0.25, 0.3) is 27.7 Å². The van der Waals surface area contributed by atoms with Gasteiger partial charge in [-0.2, -0.15) is 5.10 Å². The molecule has 0 fully saturated rings. The van der Waals surface area contributed by atoms with Crippen molar-refractivity contribution in [3.63, 3.8) is 0 Å². The molecule has 0 unspecified atom stereocenters. The Kier molecular flexibility index (Phi) is 3.90. The Morgan fingerprint density at radius 2 is 1.71 bits per heavy atom. The second-order valence-corrected chi connectivity index (χ2v) is 6.50. The maximum absolute atomic E-state index is 12.9. The minimum Gasteiger partial charge on any atom is -0.307 e. The molecule has 0 N–H and O–H groups in total. The molecule has 0 aliphatic rings. The Hall–Kier alpha value is -3.87. The predicted molar refractivity (Wildman–Crippen MR) is 106 cm³/mol. The normalized spacial score (nSPS) is 11.3. The number of imidazole rings is 1. The zero-order valence-corrected chi connectivity index (χ0v) is 14.9. The first-order valence-electron chi connectivity index (χ1n) is 8.97. The largest absolute Gasteiger partial charge is 0.307 e. The van der Waals surface area contributed by atoms with Crippen molar-refractivity contribution in [1.82, 2.24) is 29.1 Å². The zero-order chi connectivity index (χ0) is 18.9. The molecular formula is C21H16N6O. The summed E-state index contributed by atoms with van der Waals surface area (Å²) in [6, 6.07) is 13.4. The van der Waals surface area contributed by atoms with Gasteiger partial charge in [-0.25, -0.2) is 19.6 Å². The highest BCUT2D eigenvalue weighted by Crippen LogP contribution is 2.23. The first-order chi connectivity index (χ1) is 13.8. The first kappa shape index (κ1) is 16.3. The molecule has 7 heteroatoms. The Morgan fingerprint density at radius 3 is 2.54 bits per heavy atom. The van der Waals surface area contributed by atoms with E-state index in [0.29, 0.717) is 24.0 Å². The maximum atomic E-state index is 12.9. The Bertz CT molecular complexity index is 1310. The fourth-order valence-corrected chi connectivity index (χ4v) is 3.35. The summed E-state index contributed by atoms with van der Waals surface area (Å²) >= 11 is 0. The van der Waals surface area contributed by atoms with E-state index in [2.05, 4.69) is 20.1 Å². The number of fused-ring (bicyclic) bond motifs is 2. The van der Waals surface area contributed by atoms with Gasteiger partial charge >= 0.3 is 0 Å². The van der Waals surface area contributed by atoms with Crippen LogP contribution in [0.1, 0.15) is 5.69 Å². The summed E-state index contributed by atoms with van der Waals surface area (Å²) in [7, 11) is 0. The number of nitrogens with zero attached hydrogens (tertiary/aromatic N) is 6. The summed E-state index contributed by atoms with van der Waals surface area (Å²) in [4.78, 5) is 25.7. The van der Waals surface area contributed by atoms with Gasteiger partial charge < -0.3 is 4.40 Å². The summed E-state index contributed by atoms with van der Waals surface area (Å²) in [6.45, 7) is 0.439. The average Bonchev–Trinajstić information content (AvgIpc) is 3.17. The lowest BCUT2D eigenvalue weighted by Crippen LogP contribution is -2.25. The number of pyridine rings is 1. The molecule has 0 aliphatic heterocycles. The van der Waals surface area contributed by atoms with Gasteiger partial charge in [0.25, 0.3) is 5.56 Å². The second-order valence-electron chi connectivity index (χ2n) is 6.50. The lowest BCUT2D eigenvalue weighted by Gasteiger charge is -2.10. The molecular weight excluding hydrogens is 352 g/mol. The molecule has 0 spiro atoms. The topological polar surface area (TPSA) is 78.0 Å². The summed E-state index contributed by atoms with van der Waals surface area (Å²) in [6.07, 6.45) is 9.44. The van der Waals surface area contributed by atoms with Gasteiger partial charge in [0.2, 0.25) is 0 Å². The van der Waals surface area contributed by atoms with Crippen LogP contribution in [0.5, 0.6) is 0 Å². The highest BCUT2D eigenvalue weighted by atomic mass is 16.1. The van der Waals surface area contributed by atoms with Crippen molar-refractivity contribution in [1.29, 1.82) is 0 Å². The molecule has 0 amide bonds. The Labute approximate surface area is 160 Å². The zero-order valence-electron chi connectivity index (χ0n) is 14.9. The van der Waals surface area contributed by atoms with E-state index >= 15 is 0 Å². The second kappa shape index (κ2) is 6.70. The third-order valence-electron chi connectivity index (χ3n) is 4.70. The monoisotopic (exact) mass is 368 g/mol. The SMILES string of the molecule is O=c1c2ccccc2c(-c2cncnc2)nn1CCc1cn2ccccc2n1. The van der Waals surface area contributed by atoms with E-state index in [4.69, 9.17) is 0 Å². The van der Waals surface area contributed by atoms with E-state index in [1.165, 1.54) is 11.0 Å². The van der Waals surface area contributed by atoms with Crippen molar-refractivity contribution in [2.45, 2.75) is 13.0 Å². The average molecular weight is 368 g/mol. The summed E-state index contributed by atoms with van der Waals surface area (Å²) in [5.41, 5.74) is 3.17. The fraction of sp³-hybridized carbons (Fsp3) is 0.0952. The van der Waals surface area contributed by atoms with Gasteiger partial charge in [0, 0.05) is 42.2 Å². The molecule has 1 aromatic carbocycles. The van der Waals surface area contributed by atoms with E-state index in [1.807, 2.05) is 59.3 Å². The third-order valence-corrected chi connectivity index (χ3v) is 4.70. The molecule has 0 aliphatic carbocycles. The quantitative estimate of drug-likeness (QED) is 0.487. The Morgan fingerprint density at radius 1 is 0.929 bits per heavy atom. The van der Waals surface area contributed by atoms with Crippen molar-refractivity contribution in [3.05, 3.63) is 89.6 Å². The number of hydrogen-bond donors (Lipinski definition) is 0. The highest BCUT2D eigenvalue weighted by Gasteiger charge is 2.13. The van der Waals surface area contributed by atoms with Crippen molar-refractivity contribution in [2.75, 3.05) is 0 Å². The molecule has 136 valence electrons. The highest BCUT2D eigenvalue weighted by molar-refractivity contribution is 5.93. The first-order valence-corrected chi connectivity index (χ1v) is 8.97. The lowest BCUT2D eigenvalue weighted by atomic mass is 10.1. The van der Waals surface area contributed by atoms with E-state index in [1.54, 1.807) is 12.4 Å². The lowest BCUT2D eigenvalue weighted by molar-refractivity contribution is 0.583. The number of benzene rings is 1. The van der Waals surface area contributed by atoms with Gasteiger partial charge in [-0.1, -0.05) is 24.3 Å². The molecule has 0 saturated heterocycles. The molecule has 0 atom stereocenters. The van der Waals surface area contributed by atoms with E-state index in [9.17, 15) is 4.79 Å². The molecule has 7 nitrogen and oxygen atoms in total. The predicted octanol–water partition coefficient (Wildman–Crippen LogP) is 2.74. The van der Waals surface area contributed by atoms with Crippen LogP contribution in [0.15, 0.2) is 78.4 Å². The maximum Gasteiger partial charge on any atom is 0.274 e. The fourth-order valence-electron chi connectivity index (χ4n) is 3.35. The van der Waals surface area contributed by atoms with Crippen molar-refractivity contribution in [2.24, 2.45) is 0 Å². The third kappa shape index (κ3) is 2.83. The minimum absolute atomic E-state index is 0.111. The summed E-state index contributed by atoms with van der Waals surface area (Å²) in [5, 5.41) is 6.06. The van der Waals surface area contributed by atoms with Crippen LogP contribution < -0.4 is 5.56 Å². The van der Waals surface area contributed by atoms with Crippen LogP contribution in [-0.2, 0) is 13.0 Å². The van der Waals surface area contributed by atoms with Crippen molar-refractivity contribution < 1.29 is 0 Å². The van der Waals surface area contributed by atoms with Crippen LogP contribution in [0.3, 0.4) is 0 Å². The smallest absolute Gasteiger partial charge is 0.274 e. The molecule has 0 saturated carbocycles. The number of aryl methyl sites for hydroxylation is 2. The minimum atomic E-state index is -0.111.